The molecule has 0 saturated carbocycles. The Bertz CT molecular complexity index is 1030. The van der Waals surface area contributed by atoms with Crippen molar-refractivity contribution in [1.29, 1.82) is 0 Å². The molecule has 0 radical (unpaired) electrons. The summed E-state index contributed by atoms with van der Waals surface area (Å²) < 4.78 is 0.756. The summed E-state index contributed by atoms with van der Waals surface area (Å²) in [6, 6.07) is 3.44. The van der Waals surface area contributed by atoms with E-state index in [-0.39, 0.29) is 50.2 Å². The number of nitrogens with zero attached hydrogens (tertiary/aromatic N) is 1. The summed E-state index contributed by atoms with van der Waals surface area (Å²) in [5.74, 6) is 0. The minimum absolute atomic E-state index is 0.0419. The van der Waals surface area contributed by atoms with Crippen molar-refractivity contribution in [3.8, 4) is 22.5 Å². The molecule has 3 rings (SSSR count). The topological polar surface area (TPSA) is 12.9 Å². The number of aromatic nitrogens is 1. The van der Waals surface area contributed by atoms with Gasteiger partial charge >= 0.3 is 0 Å². The molecule has 0 unspecified atom stereocenters. The number of hydrogen-bond donors (Lipinski definition) is 0. The number of rotatable bonds is 2. The molecule has 0 fully saturated rings. The molecule has 0 aliphatic carbocycles. The molecule has 3 aromatic rings. The van der Waals surface area contributed by atoms with Gasteiger partial charge in [-0.05, 0) is 34.7 Å². The van der Waals surface area contributed by atoms with Crippen molar-refractivity contribution >= 4 is 139 Å². The van der Waals surface area contributed by atoms with Gasteiger partial charge in [-0.3, -0.25) is 0 Å². The summed E-state index contributed by atoms with van der Waals surface area (Å²) >= 11 is 64.5. The minimum atomic E-state index is 0.0419. The zero-order chi connectivity index (χ0) is 21.8. The highest BCUT2D eigenvalue weighted by atomic mass is 127. The molecule has 29 heavy (non-hydrogen) atoms. The highest BCUT2D eigenvalue weighted by molar-refractivity contribution is 14.1. The molecule has 1 nitrogen and oxygen atoms in total. The molecular weight excluding hydrogens is 700 g/mol. The molecule has 0 atom stereocenters. The third kappa shape index (κ3) is 4.52. The minimum Gasteiger partial charge on any atom is -0.247 e. The fourth-order valence-corrected chi connectivity index (χ4v) is 5.67. The Labute approximate surface area is 229 Å². The molecule has 1 aromatic heterocycles. The Morgan fingerprint density at radius 3 is 0.966 bits per heavy atom. The lowest BCUT2D eigenvalue weighted by molar-refractivity contribution is 1.31. The van der Waals surface area contributed by atoms with Gasteiger partial charge in [-0.25, -0.2) is 4.98 Å². The van der Waals surface area contributed by atoms with Crippen molar-refractivity contribution in [3.05, 3.63) is 65.9 Å². The Morgan fingerprint density at radius 1 is 0.448 bits per heavy atom. The maximum atomic E-state index is 6.38. The van der Waals surface area contributed by atoms with E-state index < -0.39 is 0 Å². The van der Waals surface area contributed by atoms with Crippen LogP contribution in [0.15, 0.2) is 12.1 Å². The molecule has 0 aliphatic heterocycles. The fourth-order valence-electron chi connectivity index (χ4n) is 2.41. The fraction of sp³-hybridized carbons (Fsp3) is 0. The molecule has 0 bridgehead atoms. The van der Waals surface area contributed by atoms with Crippen molar-refractivity contribution in [2.45, 2.75) is 0 Å². The van der Waals surface area contributed by atoms with Gasteiger partial charge in [0.25, 0.3) is 0 Å². The molecule has 0 amide bonds. The van der Waals surface area contributed by atoms with Crippen LogP contribution in [0.5, 0.6) is 0 Å². The van der Waals surface area contributed by atoms with E-state index in [0.717, 1.165) is 3.57 Å². The normalized spacial score (nSPS) is 11.3. The first-order valence-electron chi connectivity index (χ1n) is 7.18. The molecule has 0 spiro atoms. The van der Waals surface area contributed by atoms with Crippen LogP contribution in [-0.2, 0) is 0 Å². The van der Waals surface area contributed by atoms with Gasteiger partial charge < -0.3 is 0 Å². The zero-order valence-corrected chi connectivity index (χ0v) is 23.0. The van der Waals surface area contributed by atoms with E-state index in [1.807, 2.05) is 0 Å². The van der Waals surface area contributed by atoms with E-state index in [2.05, 4.69) is 27.6 Å². The molecule has 2 aromatic carbocycles. The summed E-state index contributed by atoms with van der Waals surface area (Å²) in [7, 11) is 0. The first-order chi connectivity index (χ1) is 13.5. The van der Waals surface area contributed by atoms with Gasteiger partial charge in [-0.15, -0.1) is 0 Å². The molecule has 0 N–H and O–H groups in total. The zero-order valence-electron chi connectivity index (χ0n) is 13.3. The average Bonchev–Trinajstić information content (AvgIpc) is 2.67. The molecule has 12 heteroatoms. The summed E-state index contributed by atoms with van der Waals surface area (Å²) in [5, 5.41) is 0.656. The van der Waals surface area contributed by atoms with Crippen LogP contribution in [0, 0.1) is 3.57 Å². The Balaban J connectivity index is 2.37. The van der Waals surface area contributed by atoms with E-state index in [9.17, 15) is 0 Å². The first-order valence-corrected chi connectivity index (χ1v) is 12.0. The lowest BCUT2D eigenvalue weighted by Gasteiger charge is -2.16. The van der Waals surface area contributed by atoms with Gasteiger partial charge in [0.15, 0.2) is 0 Å². The Morgan fingerprint density at radius 2 is 0.690 bits per heavy atom. The third-order valence-electron chi connectivity index (χ3n) is 3.72. The van der Waals surface area contributed by atoms with Crippen LogP contribution in [0.1, 0.15) is 0 Å². The van der Waals surface area contributed by atoms with Gasteiger partial charge in [-0.2, -0.15) is 0 Å². The predicted molar refractivity (Wildman–Crippen MR) is 138 cm³/mol. The molecule has 0 aliphatic rings. The lowest BCUT2D eigenvalue weighted by Crippen LogP contribution is -1.95. The van der Waals surface area contributed by atoms with Crippen molar-refractivity contribution in [2.24, 2.45) is 0 Å². The van der Waals surface area contributed by atoms with E-state index >= 15 is 0 Å². The van der Waals surface area contributed by atoms with Crippen LogP contribution in [-0.4, -0.2) is 4.98 Å². The summed E-state index contributed by atoms with van der Waals surface area (Å²) in [5.41, 5.74) is 1.31. The van der Waals surface area contributed by atoms with Crippen LogP contribution in [0.25, 0.3) is 22.5 Å². The van der Waals surface area contributed by atoms with E-state index in [4.69, 9.17) is 116 Å². The van der Waals surface area contributed by atoms with Crippen molar-refractivity contribution in [3.63, 3.8) is 0 Å². The highest BCUT2D eigenvalue weighted by Gasteiger charge is 2.25. The number of pyridine rings is 1. The van der Waals surface area contributed by atoms with E-state index in [1.54, 1.807) is 12.1 Å². The Hall–Kier alpha value is 1.22. The average molecular weight is 702 g/mol. The van der Waals surface area contributed by atoms with Gasteiger partial charge in [0.2, 0.25) is 0 Å². The number of benzene rings is 2. The van der Waals surface area contributed by atoms with Crippen molar-refractivity contribution < 1.29 is 0 Å². The summed E-state index contributed by atoms with van der Waals surface area (Å²) in [6.45, 7) is 0. The van der Waals surface area contributed by atoms with Crippen LogP contribution in [0.4, 0.5) is 0 Å². The maximum Gasteiger partial charge on any atom is 0.0809 e. The van der Waals surface area contributed by atoms with Crippen LogP contribution in [0.2, 0.25) is 50.2 Å². The molecule has 1 heterocycles. The van der Waals surface area contributed by atoms with Crippen LogP contribution < -0.4 is 0 Å². The lowest BCUT2D eigenvalue weighted by atomic mass is 10.1. The molecule has 152 valence electrons. The second kappa shape index (κ2) is 9.61. The maximum absolute atomic E-state index is 6.38. The van der Waals surface area contributed by atoms with E-state index in [1.165, 1.54) is 0 Å². The highest BCUT2D eigenvalue weighted by Crippen LogP contribution is 2.50. The monoisotopic (exact) mass is 697 g/mol. The Kier molecular flexibility index (Phi) is 8.23. The second-order valence-corrected chi connectivity index (χ2v) is 10.5. The van der Waals surface area contributed by atoms with Crippen LogP contribution in [0.3, 0.4) is 0 Å². The van der Waals surface area contributed by atoms with Gasteiger partial charge in [0, 0.05) is 14.7 Å². The molecular formula is C17H2Cl10IN. The van der Waals surface area contributed by atoms with Crippen molar-refractivity contribution in [1.82, 2.24) is 4.98 Å². The number of halogens is 11. The van der Waals surface area contributed by atoms with Gasteiger partial charge in [-0.1, -0.05) is 116 Å². The molecule has 0 saturated heterocycles. The summed E-state index contributed by atoms with van der Waals surface area (Å²) in [4.78, 5) is 4.58. The summed E-state index contributed by atoms with van der Waals surface area (Å²) in [6.07, 6.45) is 0. The first kappa shape index (κ1) is 24.9. The number of hydrogen-bond acceptors (Lipinski definition) is 1. The van der Waals surface area contributed by atoms with Gasteiger partial charge in [0.1, 0.15) is 0 Å². The smallest absolute Gasteiger partial charge is 0.0809 e. The standard InChI is InChI=1S/C17H2Cl10IN/c18-8-6(9(19)13(23)16(26)12(8)22)4-1-3(28)2-5(29-4)7-10(20)14(24)17(27)15(25)11(7)21/h1-2H. The van der Waals surface area contributed by atoms with Crippen LogP contribution >= 0.6 is 139 Å². The second-order valence-electron chi connectivity index (χ2n) is 5.45. The van der Waals surface area contributed by atoms with Crippen molar-refractivity contribution in [2.75, 3.05) is 0 Å². The third-order valence-corrected chi connectivity index (χ3v) is 8.90. The largest absolute Gasteiger partial charge is 0.247 e. The van der Waals surface area contributed by atoms with E-state index in [0.29, 0.717) is 22.5 Å². The SMILES string of the molecule is Clc1c(Cl)c(Cl)c(-c2cc(I)cc(-c3c(Cl)c(Cl)c(Cl)c(Cl)c3Cl)n2)c(Cl)c1Cl. The van der Waals surface area contributed by atoms with Gasteiger partial charge in [0.05, 0.1) is 61.6 Å². The quantitative estimate of drug-likeness (QED) is 0.147. The predicted octanol–water partition coefficient (Wildman–Crippen LogP) is 11.6.